The van der Waals surface area contributed by atoms with Gasteiger partial charge < -0.3 is 15.6 Å². The molecular weight excluding hydrogens is 250 g/mol. The molecule has 2 aliphatic carbocycles. The minimum atomic E-state index is 0.0492. The van der Waals surface area contributed by atoms with Crippen molar-refractivity contribution in [3.8, 4) is 0 Å². The van der Waals surface area contributed by atoms with Gasteiger partial charge in [0.2, 0.25) is 0 Å². The Morgan fingerprint density at radius 3 is 2.80 bits per heavy atom. The molecule has 1 aromatic rings. The Labute approximate surface area is 120 Å². The number of nitrogens with two attached hydrogens (primary N) is 1. The summed E-state index contributed by atoms with van der Waals surface area (Å²) in [5.41, 5.74) is 7.29. The van der Waals surface area contributed by atoms with E-state index >= 15 is 0 Å². The number of amides is 1. The minimum Gasteiger partial charge on any atom is -0.397 e. The Bertz CT molecular complexity index is 490. The SMILES string of the molecule is CC1CCCC(NC(=O)c2cc(N)cn2C2CC2)CC1. The third-order valence-corrected chi connectivity index (χ3v) is 4.64. The predicted molar refractivity (Wildman–Crippen MR) is 80.6 cm³/mol. The third kappa shape index (κ3) is 3.00. The largest absolute Gasteiger partial charge is 0.397 e. The summed E-state index contributed by atoms with van der Waals surface area (Å²) in [4.78, 5) is 12.5. The van der Waals surface area contributed by atoms with Gasteiger partial charge in [0.05, 0.1) is 5.69 Å². The monoisotopic (exact) mass is 275 g/mol. The van der Waals surface area contributed by atoms with E-state index in [0.717, 1.165) is 37.3 Å². The maximum Gasteiger partial charge on any atom is 0.268 e. The van der Waals surface area contributed by atoms with E-state index < -0.39 is 0 Å². The van der Waals surface area contributed by atoms with Crippen LogP contribution >= 0.6 is 0 Å². The van der Waals surface area contributed by atoms with E-state index in [9.17, 15) is 4.79 Å². The van der Waals surface area contributed by atoms with E-state index in [2.05, 4.69) is 16.8 Å². The Kier molecular flexibility index (Phi) is 3.72. The Hall–Kier alpha value is -1.45. The van der Waals surface area contributed by atoms with Crippen LogP contribution in [0.15, 0.2) is 12.3 Å². The van der Waals surface area contributed by atoms with Crippen molar-refractivity contribution in [3.05, 3.63) is 18.0 Å². The maximum absolute atomic E-state index is 12.5. The molecule has 1 heterocycles. The highest BCUT2D eigenvalue weighted by Gasteiger charge is 2.28. The fraction of sp³-hybridized carbons (Fsp3) is 0.688. The molecule has 1 aromatic heterocycles. The summed E-state index contributed by atoms with van der Waals surface area (Å²) in [5.74, 6) is 0.844. The zero-order valence-electron chi connectivity index (χ0n) is 12.3. The molecule has 3 rings (SSSR count). The summed E-state index contributed by atoms with van der Waals surface area (Å²) >= 11 is 0. The zero-order chi connectivity index (χ0) is 14.1. The molecule has 2 aliphatic rings. The standard InChI is InChI=1S/C16H25N3O/c1-11-3-2-4-13(6-5-11)18-16(20)15-9-12(17)10-19(15)14-7-8-14/h9-11,13-14H,2-8,17H2,1H3,(H,18,20). The van der Waals surface area contributed by atoms with Gasteiger partial charge in [-0.05, 0) is 44.1 Å². The van der Waals surface area contributed by atoms with Crippen LogP contribution in [0.5, 0.6) is 0 Å². The van der Waals surface area contributed by atoms with Gasteiger partial charge in [0, 0.05) is 18.3 Å². The van der Waals surface area contributed by atoms with Crippen molar-refractivity contribution < 1.29 is 4.79 Å². The molecule has 110 valence electrons. The van der Waals surface area contributed by atoms with Gasteiger partial charge in [0.25, 0.3) is 5.91 Å². The zero-order valence-corrected chi connectivity index (χ0v) is 12.3. The number of hydrogen-bond acceptors (Lipinski definition) is 2. The first kappa shape index (κ1) is 13.5. The summed E-state index contributed by atoms with van der Waals surface area (Å²) in [6, 6.07) is 2.63. The van der Waals surface area contributed by atoms with Crippen LogP contribution in [-0.2, 0) is 0 Å². The van der Waals surface area contributed by atoms with Crippen LogP contribution < -0.4 is 11.1 Å². The molecule has 20 heavy (non-hydrogen) atoms. The second-order valence-electron chi connectivity index (χ2n) is 6.58. The molecule has 1 amide bonds. The van der Waals surface area contributed by atoms with E-state index in [1.165, 1.54) is 19.3 Å². The fourth-order valence-electron chi connectivity index (χ4n) is 3.23. The van der Waals surface area contributed by atoms with Gasteiger partial charge in [-0.25, -0.2) is 0 Å². The molecule has 2 fully saturated rings. The smallest absolute Gasteiger partial charge is 0.268 e. The molecule has 0 bridgehead atoms. The van der Waals surface area contributed by atoms with Gasteiger partial charge in [-0.2, -0.15) is 0 Å². The molecule has 2 unspecified atom stereocenters. The van der Waals surface area contributed by atoms with E-state index in [1.54, 1.807) is 0 Å². The van der Waals surface area contributed by atoms with Crippen molar-refractivity contribution in [3.63, 3.8) is 0 Å². The van der Waals surface area contributed by atoms with E-state index in [1.807, 2.05) is 12.3 Å². The van der Waals surface area contributed by atoms with Gasteiger partial charge in [-0.1, -0.05) is 19.8 Å². The minimum absolute atomic E-state index is 0.0492. The van der Waals surface area contributed by atoms with E-state index in [0.29, 0.717) is 17.8 Å². The summed E-state index contributed by atoms with van der Waals surface area (Å²) < 4.78 is 2.06. The molecule has 4 heteroatoms. The first-order chi connectivity index (χ1) is 9.63. The highest BCUT2D eigenvalue weighted by molar-refractivity contribution is 5.94. The Balaban J connectivity index is 1.66. The third-order valence-electron chi connectivity index (χ3n) is 4.64. The van der Waals surface area contributed by atoms with E-state index in [-0.39, 0.29) is 5.91 Å². The Morgan fingerprint density at radius 1 is 1.25 bits per heavy atom. The van der Waals surface area contributed by atoms with Crippen LogP contribution in [0.3, 0.4) is 0 Å². The summed E-state index contributed by atoms with van der Waals surface area (Å²) in [5, 5.41) is 3.22. The van der Waals surface area contributed by atoms with Gasteiger partial charge in [-0.15, -0.1) is 0 Å². The molecule has 0 saturated heterocycles. The van der Waals surface area contributed by atoms with Crippen LogP contribution in [0, 0.1) is 5.92 Å². The lowest BCUT2D eigenvalue weighted by Gasteiger charge is -2.17. The number of rotatable bonds is 3. The second kappa shape index (κ2) is 5.51. The quantitative estimate of drug-likeness (QED) is 0.833. The number of aromatic nitrogens is 1. The van der Waals surface area contributed by atoms with Gasteiger partial charge in [0.1, 0.15) is 5.69 Å². The maximum atomic E-state index is 12.5. The molecule has 4 nitrogen and oxygen atoms in total. The predicted octanol–water partition coefficient (Wildman–Crippen LogP) is 3.10. The lowest BCUT2D eigenvalue weighted by Crippen LogP contribution is -2.35. The average molecular weight is 275 g/mol. The second-order valence-corrected chi connectivity index (χ2v) is 6.58. The highest BCUT2D eigenvalue weighted by atomic mass is 16.2. The van der Waals surface area contributed by atoms with E-state index in [4.69, 9.17) is 5.73 Å². The van der Waals surface area contributed by atoms with Crippen molar-refractivity contribution in [2.24, 2.45) is 5.92 Å². The van der Waals surface area contributed by atoms with Crippen LogP contribution in [0.4, 0.5) is 5.69 Å². The average Bonchev–Trinajstić information content (AvgIpc) is 3.20. The van der Waals surface area contributed by atoms with Crippen molar-refractivity contribution in [2.75, 3.05) is 5.73 Å². The van der Waals surface area contributed by atoms with Gasteiger partial charge in [0.15, 0.2) is 0 Å². The van der Waals surface area contributed by atoms with Crippen LogP contribution in [0.25, 0.3) is 0 Å². The van der Waals surface area contributed by atoms with Crippen molar-refractivity contribution in [1.82, 2.24) is 9.88 Å². The molecule has 2 atom stereocenters. The lowest BCUT2D eigenvalue weighted by atomic mass is 10.0. The summed E-state index contributed by atoms with van der Waals surface area (Å²) in [7, 11) is 0. The molecule has 0 spiro atoms. The van der Waals surface area contributed by atoms with Crippen LogP contribution in [-0.4, -0.2) is 16.5 Å². The molecule has 0 aliphatic heterocycles. The molecular formula is C16H25N3O. The van der Waals surface area contributed by atoms with Crippen molar-refractivity contribution >= 4 is 11.6 Å². The molecule has 3 N–H and O–H groups in total. The number of nitrogen functional groups attached to an aromatic ring is 1. The van der Waals surface area contributed by atoms with Crippen molar-refractivity contribution in [2.45, 2.75) is 64.0 Å². The number of carbonyl (C=O) groups excluding carboxylic acids is 1. The number of carbonyl (C=O) groups is 1. The molecule has 0 radical (unpaired) electrons. The van der Waals surface area contributed by atoms with Gasteiger partial charge >= 0.3 is 0 Å². The lowest BCUT2D eigenvalue weighted by molar-refractivity contribution is 0.0923. The number of hydrogen-bond donors (Lipinski definition) is 2. The van der Waals surface area contributed by atoms with Gasteiger partial charge in [-0.3, -0.25) is 4.79 Å². The number of nitrogens with zero attached hydrogens (tertiary/aromatic N) is 1. The molecule has 0 aromatic carbocycles. The first-order valence-corrected chi connectivity index (χ1v) is 7.91. The Morgan fingerprint density at radius 2 is 2.05 bits per heavy atom. The van der Waals surface area contributed by atoms with Crippen LogP contribution in [0.2, 0.25) is 0 Å². The normalized spacial score (nSPS) is 27.1. The fourth-order valence-corrected chi connectivity index (χ4v) is 3.23. The summed E-state index contributed by atoms with van der Waals surface area (Å²) in [6.45, 7) is 2.31. The first-order valence-electron chi connectivity index (χ1n) is 7.91. The number of nitrogens with one attached hydrogen (secondary N) is 1. The molecule has 2 saturated carbocycles. The topological polar surface area (TPSA) is 60.1 Å². The van der Waals surface area contributed by atoms with Crippen LogP contribution in [0.1, 0.15) is 68.4 Å². The van der Waals surface area contributed by atoms with Crippen molar-refractivity contribution in [1.29, 1.82) is 0 Å². The number of anilines is 1. The highest BCUT2D eigenvalue weighted by Crippen LogP contribution is 2.37. The summed E-state index contributed by atoms with van der Waals surface area (Å²) in [6.07, 6.45) is 10.2.